The molecule has 1 aliphatic rings. The lowest BCUT2D eigenvalue weighted by molar-refractivity contribution is -0.156. The highest BCUT2D eigenvalue weighted by Gasteiger charge is 2.46. The van der Waals surface area contributed by atoms with E-state index in [-0.39, 0.29) is 24.4 Å². The largest absolute Gasteiger partial charge is 0.345 e. The van der Waals surface area contributed by atoms with Gasteiger partial charge in [0.25, 0.3) is 0 Å². The third kappa shape index (κ3) is 2.61. The molecule has 1 saturated heterocycles. The average molecular weight is 240 g/mol. The van der Waals surface area contributed by atoms with Crippen molar-refractivity contribution in [2.45, 2.75) is 59.0 Å². The first-order valence-electron chi connectivity index (χ1n) is 6.43. The van der Waals surface area contributed by atoms with E-state index in [0.717, 1.165) is 6.42 Å². The zero-order valence-corrected chi connectivity index (χ0v) is 11.5. The molecule has 1 fully saturated rings. The minimum absolute atomic E-state index is 0.0297. The molecule has 1 aliphatic heterocycles. The zero-order valence-electron chi connectivity index (χ0n) is 11.5. The van der Waals surface area contributed by atoms with Gasteiger partial charge in [-0.15, -0.1) is 0 Å². The summed E-state index contributed by atoms with van der Waals surface area (Å²) in [6.07, 6.45) is 1.57. The molecule has 0 aliphatic carbocycles. The fourth-order valence-electron chi connectivity index (χ4n) is 2.67. The fraction of sp³-hybridized carbons (Fsp3) is 0.846. The molecule has 2 unspecified atom stereocenters. The van der Waals surface area contributed by atoms with E-state index in [0.29, 0.717) is 12.3 Å². The standard InChI is InChI=1S/C13H24N2O2/c1-6-13(5)12(17)14-8-11(16)15(13)10(4)7-9(2)3/h9-10H,6-8H2,1-5H3,(H,14,17). The summed E-state index contributed by atoms with van der Waals surface area (Å²) in [7, 11) is 0. The number of carbonyl (C=O) groups is 2. The van der Waals surface area contributed by atoms with Crippen molar-refractivity contribution in [2.24, 2.45) is 5.92 Å². The van der Waals surface area contributed by atoms with E-state index in [9.17, 15) is 9.59 Å². The van der Waals surface area contributed by atoms with Crippen molar-refractivity contribution in [2.75, 3.05) is 6.54 Å². The molecular formula is C13H24N2O2. The van der Waals surface area contributed by atoms with Gasteiger partial charge in [0.2, 0.25) is 11.8 Å². The van der Waals surface area contributed by atoms with Gasteiger partial charge in [-0.25, -0.2) is 0 Å². The Bertz CT molecular complexity index is 315. The van der Waals surface area contributed by atoms with Crippen LogP contribution in [0.5, 0.6) is 0 Å². The van der Waals surface area contributed by atoms with Crippen molar-refractivity contribution < 1.29 is 9.59 Å². The molecule has 2 amide bonds. The summed E-state index contributed by atoms with van der Waals surface area (Å²) >= 11 is 0. The summed E-state index contributed by atoms with van der Waals surface area (Å²) < 4.78 is 0. The summed E-state index contributed by atoms with van der Waals surface area (Å²) in [6.45, 7) is 10.2. The highest BCUT2D eigenvalue weighted by molar-refractivity contribution is 5.97. The number of hydrogen-bond acceptors (Lipinski definition) is 2. The van der Waals surface area contributed by atoms with Gasteiger partial charge in [-0.1, -0.05) is 20.8 Å². The molecule has 17 heavy (non-hydrogen) atoms. The van der Waals surface area contributed by atoms with Gasteiger partial charge in [0.05, 0.1) is 6.54 Å². The summed E-state index contributed by atoms with van der Waals surface area (Å²) in [5.74, 6) is 0.515. The molecule has 4 heteroatoms. The zero-order chi connectivity index (χ0) is 13.2. The van der Waals surface area contributed by atoms with E-state index in [1.54, 1.807) is 4.90 Å². The van der Waals surface area contributed by atoms with Gasteiger partial charge in [0.1, 0.15) is 5.54 Å². The van der Waals surface area contributed by atoms with E-state index in [4.69, 9.17) is 0 Å². The Morgan fingerprint density at radius 1 is 1.35 bits per heavy atom. The molecule has 4 nitrogen and oxygen atoms in total. The minimum atomic E-state index is -0.691. The Balaban J connectivity index is 2.97. The van der Waals surface area contributed by atoms with Gasteiger partial charge < -0.3 is 10.2 Å². The van der Waals surface area contributed by atoms with Crippen molar-refractivity contribution in [3.63, 3.8) is 0 Å². The number of rotatable bonds is 4. The molecule has 2 atom stereocenters. The van der Waals surface area contributed by atoms with Crippen LogP contribution in [0.25, 0.3) is 0 Å². The van der Waals surface area contributed by atoms with E-state index in [1.807, 2.05) is 20.8 Å². The van der Waals surface area contributed by atoms with Crippen molar-refractivity contribution in [1.29, 1.82) is 0 Å². The lowest BCUT2D eigenvalue weighted by Crippen LogP contribution is -2.67. The van der Waals surface area contributed by atoms with Gasteiger partial charge in [-0.2, -0.15) is 0 Å². The first-order valence-corrected chi connectivity index (χ1v) is 6.43. The summed E-state index contributed by atoms with van der Waals surface area (Å²) in [4.78, 5) is 25.8. The highest BCUT2D eigenvalue weighted by Crippen LogP contribution is 2.27. The minimum Gasteiger partial charge on any atom is -0.345 e. The Hall–Kier alpha value is -1.06. The topological polar surface area (TPSA) is 49.4 Å². The molecule has 1 rings (SSSR count). The van der Waals surface area contributed by atoms with Crippen LogP contribution in [0, 0.1) is 5.92 Å². The maximum Gasteiger partial charge on any atom is 0.246 e. The highest BCUT2D eigenvalue weighted by atomic mass is 16.2. The molecule has 0 aromatic rings. The van der Waals surface area contributed by atoms with Gasteiger partial charge in [0, 0.05) is 6.04 Å². The maximum atomic E-state index is 12.0. The van der Waals surface area contributed by atoms with E-state index in [2.05, 4.69) is 19.2 Å². The lowest BCUT2D eigenvalue weighted by Gasteiger charge is -2.46. The third-order valence-corrected chi connectivity index (χ3v) is 3.63. The van der Waals surface area contributed by atoms with Crippen LogP contribution in [-0.2, 0) is 9.59 Å². The molecule has 1 N–H and O–H groups in total. The number of nitrogens with one attached hydrogen (secondary N) is 1. The lowest BCUT2D eigenvalue weighted by atomic mass is 9.89. The van der Waals surface area contributed by atoms with Gasteiger partial charge in [0.15, 0.2) is 0 Å². The summed E-state index contributed by atoms with van der Waals surface area (Å²) in [5, 5.41) is 2.68. The Morgan fingerprint density at radius 3 is 2.41 bits per heavy atom. The van der Waals surface area contributed by atoms with Crippen LogP contribution in [0.2, 0.25) is 0 Å². The molecule has 0 aromatic carbocycles. The number of nitrogens with zero attached hydrogens (tertiary/aromatic N) is 1. The summed E-state index contributed by atoms with van der Waals surface area (Å²) in [6, 6.07) is 0.110. The second-order valence-corrected chi connectivity index (χ2v) is 5.55. The Morgan fingerprint density at radius 2 is 1.94 bits per heavy atom. The normalized spacial score (nSPS) is 27.3. The van der Waals surface area contributed by atoms with Gasteiger partial charge in [-0.05, 0) is 32.6 Å². The number of piperazine rings is 1. The van der Waals surface area contributed by atoms with Gasteiger partial charge >= 0.3 is 0 Å². The molecule has 0 radical (unpaired) electrons. The fourth-order valence-corrected chi connectivity index (χ4v) is 2.67. The number of hydrogen-bond donors (Lipinski definition) is 1. The molecule has 0 spiro atoms. The van der Waals surface area contributed by atoms with Gasteiger partial charge in [-0.3, -0.25) is 9.59 Å². The van der Waals surface area contributed by atoms with Crippen molar-refractivity contribution in [3.05, 3.63) is 0 Å². The van der Waals surface area contributed by atoms with Crippen LogP contribution in [0.15, 0.2) is 0 Å². The van der Waals surface area contributed by atoms with Crippen molar-refractivity contribution >= 4 is 11.8 Å². The maximum absolute atomic E-state index is 12.0. The van der Waals surface area contributed by atoms with Crippen LogP contribution < -0.4 is 5.32 Å². The quantitative estimate of drug-likeness (QED) is 0.810. The molecular weight excluding hydrogens is 216 g/mol. The van der Waals surface area contributed by atoms with Crippen molar-refractivity contribution in [1.82, 2.24) is 10.2 Å². The van der Waals surface area contributed by atoms with Crippen molar-refractivity contribution in [3.8, 4) is 0 Å². The number of carbonyl (C=O) groups excluding carboxylic acids is 2. The Labute approximate surface area is 104 Å². The Kier molecular flexibility index (Phi) is 4.17. The third-order valence-electron chi connectivity index (χ3n) is 3.63. The van der Waals surface area contributed by atoms with Crippen LogP contribution in [0.4, 0.5) is 0 Å². The second kappa shape index (κ2) is 5.07. The SMILES string of the molecule is CCC1(C)C(=O)NCC(=O)N1C(C)CC(C)C. The predicted octanol–water partition coefficient (Wildman–Crippen LogP) is 1.55. The summed E-state index contributed by atoms with van der Waals surface area (Å²) in [5.41, 5.74) is -0.691. The van der Waals surface area contributed by atoms with E-state index in [1.165, 1.54) is 0 Å². The van der Waals surface area contributed by atoms with E-state index >= 15 is 0 Å². The smallest absolute Gasteiger partial charge is 0.246 e. The van der Waals surface area contributed by atoms with Crippen LogP contribution in [-0.4, -0.2) is 34.8 Å². The molecule has 1 heterocycles. The first-order chi connectivity index (χ1) is 7.82. The monoisotopic (exact) mass is 240 g/mol. The first kappa shape index (κ1) is 14.0. The van der Waals surface area contributed by atoms with Crippen LogP contribution in [0.3, 0.4) is 0 Å². The molecule has 0 aromatic heterocycles. The molecule has 98 valence electrons. The molecule has 0 saturated carbocycles. The van der Waals surface area contributed by atoms with E-state index < -0.39 is 5.54 Å². The molecule has 0 bridgehead atoms. The average Bonchev–Trinajstić information content (AvgIpc) is 2.23. The van der Waals surface area contributed by atoms with Crippen LogP contribution in [0.1, 0.15) is 47.5 Å². The number of amides is 2. The predicted molar refractivity (Wildman–Crippen MR) is 67.5 cm³/mol. The second-order valence-electron chi connectivity index (χ2n) is 5.55. The van der Waals surface area contributed by atoms with Crippen LogP contribution >= 0.6 is 0 Å².